The molecule has 162 valence electrons. The molecule has 1 aliphatic heterocycles. The molecule has 0 radical (unpaired) electrons. The summed E-state index contributed by atoms with van der Waals surface area (Å²) in [6.45, 7) is 4.86. The zero-order valence-corrected chi connectivity index (χ0v) is 18.2. The number of hydrogen-bond donors (Lipinski definition) is 1. The lowest BCUT2D eigenvalue weighted by Gasteiger charge is -2.33. The molecule has 2 aromatic heterocycles. The second-order valence-electron chi connectivity index (χ2n) is 7.70. The fourth-order valence-corrected chi connectivity index (χ4v) is 4.84. The van der Waals surface area contributed by atoms with Crippen LogP contribution in [0.15, 0.2) is 47.5 Å². The van der Waals surface area contributed by atoms with Gasteiger partial charge in [0.05, 0.1) is 18.0 Å². The maximum atomic E-state index is 12.9. The quantitative estimate of drug-likeness (QED) is 0.657. The zero-order valence-electron chi connectivity index (χ0n) is 17.4. The maximum Gasteiger partial charge on any atom is 0.347 e. The summed E-state index contributed by atoms with van der Waals surface area (Å²) in [5, 5.41) is 3.92. The van der Waals surface area contributed by atoms with Crippen LogP contribution in [-0.2, 0) is 16.1 Å². The van der Waals surface area contributed by atoms with E-state index in [0.717, 1.165) is 15.6 Å². The number of aromatic nitrogens is 2. The normalized spacial score (nSPS) is 16.6. The third-order valence-electron chi connectivity index (χ3n) is 5.09. The van der Waals surface area contributed by atoms with Crippen LogP contribution in [0.5, 0.6) is 0 Å². The molecule has 1 fully saturated rings. The van der Waals surface area contributed by atoms with E-state index in [-0.39, 0.29) is 24.4 Å². The maximum absolute atomic E-state index is 12.9. The average Bonchev–Trinajstić information content (AvgIpc) is 3.15. The summed E-state index contributed by atoms with van der Waals surface area (Å²) < 4.78 is 8.32. The third kappa shape index (κ3) is 4.52. The van der Waals surface area contributed by atoms with Crippen LogP contribution >= 0.6 is 11.3 Å². The Labute approximate surface area is 183 Å². The van der Waals surface area contributed by atoms with Gasteiger partial charge in [-0.2, -0.15) is 0 Å². The number of carbonyl (C=O) groups excluding carboxylic acids is 2. The number of nitrogens with one attached hydrogen (secondary N) is 1. The van der Waals surface area contributed by atoms with Gasteiger partial charge >= 0.3 is 5.69 Å². The van der Waals surface area contributed by atoms with Crippen molar-refractivity contribution in [2.75, 3.05) is 19.7 Å². The number of fused-ring (bicyclic) bond motifs is 1. The molecule has 0 bridgehead atoms. The number of ether oxygens (including phenoxy) is 1. The predicted molar refractivity (Wildman–Crippen MR) is 118 cm³/mol. The van der Waals surface area contributed by atoms with Gasteiger partial charge in [-0.1, -0.05) is 18.2 Å². The Morgan fingerprint density at radius 2 is 2.10 bits per heavy atom. The van der Waals surface area contributed by atoms with Crippen LogP contribution in [0.2, 0.25) is 0 Å². The lowest BCUT2D eigenvalue weighted by Crippen LogP contribution is -2.45. The van der Waals surface area contributed by atoms with Crippen molar-refractivity contribution in [2.45, 2.75) is 32.5 Å². The lowest BCUT2D eigenvalue weighted by molar-refractivity contribution is -0.139. The van der Waals surface area contributed by atoms with E-state index in [0.29, 0.717) is 24.6 Å². The molecule has 3 aromatic rings. The van der Waals surface area contributed by atoms with Crippen LogP contribution in [-0.4, -0.2) is 52.0 Å². The Kier molecular flexibility index (Phi) is 6.15. The summed E-state index contributed by atoms with van der Waals surface area (Å²) in [7, 11) is 0. The van der Waals surface area contributed by atoms with E-state index in [1.54, 1.807) is 17.2 Å². The minimum absolute atomic E-state index is 0.00806. The Bertz CT molecular complexity index is 1170. The first-order valence-electron chi connectivity index (χ1n) is 10.2. The average molecular weight is 441 g/mol. The van der Waals surface area contributed by atoms with Crippen LogP contribution in [0.4, 0.5) is 0 Å². The van der Waals surface area contributed by atoms with Crippen LogP contribution in [0.25, 0.3) is 10.1 Å². The Morgan fingerprint density at radius 3 is 2.87 bits per heavy atom. The van der Waals surface area contributed by atoms with E-state index in [4.69, 9.17) is 4.74 Å². The fourth-order valence-electron chi connectivity index (χ4n) is 3.69. The van der Waals surface area contributed by atoms with Crippen molar-refractivity contribution < 1.29 is 14.3 Å². The third-order valence-corrected chi connectivity index (χ3v) is 6.27. The van der Waals surface area contributed by atoms with Gasteiger partial charge in [0.15, 0.2) is 0 Å². The topological polar surface area (TPSA) is 93.5 Å². The second-order valence-corrected chi connectivity index (χ2v) is 8.75. The smallest absolute Gasteiger partial charge is 0.347 e. The first-order valence-corrected chi connectivity index (χ1v) is 11.0. The van der Waals surface area contributed by atoms with E-state index in [1.165, 1.54) is 22.1 Å². The molecule has 3 heterocycles. The van der Waals surface area contributed by atoms with Crippen LogP contribution in [0, 0.1) is 0 Å². The number of hydrogen-bond acceptors (Lipinski definition) is 6. The van der Waals surface area contributed by atoms with E-state index in [2.05, 4.69) is 10.3 Å². The van der Waals surface area contributed by atoms with Crippen LogP contribution in [0.3, 0.4) is 0 Å². The van der Waals surface area contributed by atoms with Gasteiger partial charge in [0.2, 0.25) is 5.91 Å². The molecule has 9 heteroatoms. The molecule has 4 rings (SSSR count). The Morgan fingerprint density at radius 1 is 1.29 bits per heavy atom. The molecule has 1 aromatic carbocycles. The molecule has 1 aliphatic rings. The molecule has 1 atom stereocenters. The first-order chi connectivity index (χ1) is 14.9. The fraction of sp³-hybridized carbons (Fsp3) is 0.364. The van der Waals surface area contributed by atoms with Crippen molar-refractivity contribution in [3.8, 4) is 0 Å². The Hall–Kier alpha value is -3.04. The van der Waals surface area contributed by atoms with Gasteiger partial charge in [0, 0.05) is 35.2 Å². The summed E-state index contributed by atoms with van der Waals surface area (Å²) >= 11 is 1.43. The van der Waals surface area contributed by atoms with Gasteiger partial charge < -0.3 is 15.0 Å². The molecular weight excluding hydrogens is 416 g/mol. The van der Waals surface area contributed by atoms with Gasteiger partial charge in [-0.05, 0) is 31.4 Å². The highest BCUT2D eigenvalue weighted by Gasteiger charge is 2.31. The number of morpholine rings is 1. The van der Waals surface area contributed by atoms with Crippen molar-refractivity contribution in [1.29, 1.82) is 0 Å². The van der Waals surface area contributed by atoms with Crippen LogP contribution < -0.4 is 11.0 Å². The largest absolute Gasteiger partial charge is 0.370 e. The molecule has 31 heavy (non-hydrogen) atoms. The zero-order chi connectivity index (χ0) is 22.0. The highest BCUT2D eigenvalue weighted by Crippen LogP contribution is 2.38. The van der Waals surface area contributed by atoms with Crippen molar-refractivity contribution in [1.82, 2.24) is 19.8 Å². The van der Waals surface area contributed by atoms with Gasteiger partial charge in [0.25, 0.3) is 5.91 Å². The minimum Gasteiger partial charge on any atom is -0.370 e. The summed E-state index contributed by atoms with van der Waals surface area (Å²) in [6.07, 6.45) is 2.53. The van der Waals surface area contributed by atoms with E-state index in [9.17, 15) is 14.4 Å². The van der Waals surface area contributed by atoms with E-state index >= 15 is 0 Å². The lowest BCUT2D eigenvalue weighted by atomic mass is 10.0. The first kappa shape index (κ1) is 21.2. The van der Waals surface area contributed by atoms with E-state index < -0.39 is 11.8 Å². The minimum atomic E-state index is -0.461. The molecule has 0 aliphatic carbocycles. The van der Waals surface area contributed by atoms with Crippen LogP contribution in [0.1, 0.15) is 35.2 Å². The van der Waals surface area contributed by atoms with Crippen molar-refractivity contribution >= 4 is 33.2 Å². The highest BCUT2D eigenvalue weighted by atomic mass is 32.1. The monoisotopic (exact) mass is 440 g/mol. The molecule has 1 saturated heterocycles. The number of rotatable bonds is 5. The van der Waals surface area contributed by atoms with Gasteiger partial charge in [-0.15, -0.1) is 11.3 Å². The summed E-state index contributed by atoms with van der Waals surface area (Å²) in [5.41, 5.74) is 0.354. The number of nitrogens with zero attached hydrogens (tertiary/aromatic N) is 3. The molecular formula is C22H24N4O4S. The molecule has 8 nitrogen and oxygen atoms in total. The van der Waals surface area contributed by atoms with Gasteiger partial charge in [-0.3, -0.25) is 14.2 Å². The number of amides is 2. The SMILES string of the molecule is CC(C)NC(=O)c1sc2ccccc2c1[C@H]1CN(C(=O)Cn2cccnc2=O)CCO1. The molecule has 2 amide bonds. The standard InChI is InChI=1S/C22H24N4O4S/c1-14(2)24-21(28)20-19(15-6-3-4-7-17(15)31-20)16-12-25(10-11-30-16)18(27)13-26-9-5-8-23-22(26)29/h3-9,14,16H,10-13H2,1-2H3,(H,24,28)/t16-/m1/s1. The van der Waals surface area contributed by atoms with Crippen molar-refractivity contribution in [3.63, 3.8) is 0 Å². The van der Waals surface area contributed by atoms with Crippen molar-refractivity contribution in [3.05, 3.63) is 63.7 Å². The van der Waals surface area contributed by atoms with Gasteiger partial charge in [0.1, 0.15) is 12.6 Å². The summed E-state index contributed by atoms with van der Waals surface area (Å²) in [4.78, 5) is 43.6. The van der Waals surface area contributed by atoms with E-state index in [1.807, 2.05) is 38.1 Å². The summed E-state index contributed by atoms with van der Waals surface area (Å²) in [5.74, 6) is -0.323. The molecule has 0 saturated carbocycles. The number of thiophene rings is 1. The molecule has 0 unspecified atom stereocenters. The van der Waals surface area contributed by atoms with Crippen molar-refractivity contribution in [2.24, 2.45) is 0 Å². The highest BCUT2D eigenvalue weighted by molar-refractivity contribution is 7.21. The van der Waals surface area contributed by atoms with Gasteiger partial charge in [-0.25, -0.2) is 9.78 Å². The molecule has 1 N–H and O–H groups in total. The predicted octanol–water partition coefficient (Wildman–Crippen LogP) is 2.20. The number of benzene rings is 1. The Balaban J connectivity index is 1.62. The number of carbonyl (C=O) groups is 2. The molecule has 0 spiro atoms. The second kappa shape index (κ2) is 8.99. The summed E-state index contributed by atoms with van der Waals surface area (Å²) in [6, 6.07) is 9.46.